The van der Waals surface area contributed by atoms with Gasteiger partial charge < -0.3 is 10.4 Å². The molecule has 84 valence electrons. The van der Waals surface area contributed by atoms with Gasteiger partial charge in [-0.15, -0.1) is 0 Å². The average molecular weight is 282 g/mol. The summed E-state index contributed by atoms with van der Waals surface area (Å²) in [6.07, 6.45) is 2.18. The molecule has 2 atom stereocenters. The van der Waals surface area contributed by atoms with Crippen LogP contribution in [0, 0.1) is 0 Å². The Morgan fingerprint density at radius 1 is 1.56 bits per heavy atom. The van der Waals surface area contributed by atoms with Crippen LogP contribution in [0.3, 0.4) is 0 Å². The highest BCUT2D eigenvalue weighted by Crippen LogP contribution is 2.57. The molecule has 3 rings (SSSR count). The standard InChI is InChI=1S/C12H12BrNO2/c13-8-2-1-7-3-4-12(9(7)5-8)6-10(12)14-11(15)16/h1-2,5,10,14H,3-4,6H2,(H,15,16). The minimum absolute atomic E-state index is 0.0947. The Kier molecular flexibility index (Phi) is 2.05. The average Bonchev–Trinajstić information content (AvgIpc) is 2.76. The van der Waals surface area contributed by atoms with E-state index < -0.39 is 6.09 Å². The molecule has 0 radical (unpaired) electrons. The lowest BCUT2D eigenvalue weighted by molar-refractivity contribution is 0.193. The van der Waals surface area contributed by atoms with Crippen LogP contribution in [0.1, 0.15) is 24.0 Å². The van der Waals surface area contributed by atoms with E-state index in [2.05, 4.69) is 39.4 Å². The van der Waals surface area contributed by atoms with Crippen LogP contribution in [0.4, 0.5) is 4.79 Å². The van der Waals surface area contributed by atoms with E-state index in [-0.39, 0.29) is 11.5 Å². The van der Waals surface area contributed by atoms with E-state index in [0.29, 0.717) is 0 Å². The zero-order valence-electron chi connectivity index (χ0n) is 8.66. The van der Waals surface area contributed by atoms with Crippen LogP contribution in [-0.2, 0) is 11.8 Å². The Morgan fingerprint density at radius 3 is 3.12 bits per heavy atom. The Balaban J connectivity index is 1.93. The van der Waals surface area contributed by atoms with Crippen molar-refractivity contribution in [2.45, 2.75) is 30.7 Å². The molecule has 0 heterocycles. The number of hydrogen-bond donors (Lipinski definition) is 2. The summed E-state index contributed by atoms with van der Waals surface area (Å²) in [6, 6.07) is 6.45. The van der Waals surface area contributed by atoms with Gasteiger partial charge in [0, 0.05) is 15.9 Å². The van der Waals surface area contributed by atoms with Gasteiger partial charge in [-0.05, 0) is 42.5 Å². The maximum atomic E-state index is 10.6. The molecule has 0 saturated heterocycles. The predicted molar refractivity (Wildman–Crippen MR) is 63.7 cm³/mol. The molecule has 1 aromatic carbocycles. The summed E-state index contributed by atoms with van der Waals surface area (Å²) in [5.74, 6) is 0. The second kappa shape index (κ2) is 3.23. The van der Waals surface area contributed by atoms with Crippen molar-refractivity contribution in [3.8, 4) is 0 Å². The van der Waals surface area contributed by atoms with Crippen molar-refractivity contribution < 1.29 is 9.90 Å². The molecule has 16 heavy (non-hydrogen) atoms. The third-order valence-corrected chi connectivity index (χ3v) is 4.32. The predicted octanol–water partition coefficient (Wildman–Crippen LogP) is 2.67. The Morgan fingerprint density at radius 2 is 2.38 bits per heavy atom. The van der Waals surface area contributed by atoms with Crippen LogP contribution >= 0.6 is 15.9 Å². The zero-order chi connectivity index (χ0) is 11.3. The van der Waals surface area contributed by atoms with Crippen molar-refractivity contribution >= 4 is 22.0 Å². The summed E-state index contributed by atoms with van der Waals surface area (Å²) >= 11 is 3.48. The minimum Gasteiger partial charge on any atom is -0.465 e. The van der Waals surface area contributed by atoms with Gasteiger partial charge in [0.05, 0.1) is 0 Å². The Bertz CT molecular complexity index is 474. The Labute approximate surface area is 102 Å². The fourth-order valence-corrected chi connectivity index (χ4v) is 3.30. The van der Waals surface area contributed by atoms with Gasteiger partial charge in [-0.2, -0.15) is 0 Å². The van der Waals surface area contributed by atoms with E-state index in [9.17, 15) is 4.79 Å². The molecule has 2 aliphatic rings. The van der Waals surface area contributed by atoms with Crippen LogP contribution in [0.25, 0.3) is 0 Å². The molecular formula is C12H12BrNO2. The van der Waals surface area contributed by atoms with E-state index in [0.717, 1.165) is 23.7 Å². The van der Waals surface area contributed by atoms with E-state index in [4.69, 9.17) is 5.11 Å². The topological polar surface area (TPSA) is 49.3 Å². The molecule has 0 aromatic heterocycles. The monoisotopic (exact) mass is 281 g/mol. The number of amides is 1. The van der Waals surface area contributed by atoms with Gasteiger partial charge in [0.2, 0.25) is 0 Å². The number of benzene rings is 1. The molecular weight excluding hydrogens is 270 g/mol. The first-order valence-electron chi connectivity index (χ1n) is 5.40. The summed E-state index contributed by atoms with van der Waals surface area (Å²) < 4.78 is 1.08. The zero-order valence-corrected chi connectivity index (χ0v) is 10.3. The summed E-state index contributed by atoms with van der Waals surface area (Å²) in [4.78, 5) is 10.6. The molecule has 2 aliphatic carbocycles. The molecule has 3 nitrogen and oxygen atoms in total. The molecule has 1 fully saturated rings. The molecule has 1 aromatic rings. The van der Waals surface area contributed by atoms with Crippen LogP contribution in [-0.4, -0.2) is 17.2 Å². The Hall–Kier alpha value is -1.03. The third-order valence-electron chi connectivity index (χ3n) is 3.82. The van der Waals surface area contributed by atoms with E-state index in [1.807, 2.05) is 0 Å². The van der Waals surface area contributed by atoms with E-state index in [1.165, 1.54) is 11.1 Å². The molecule has 0 bridgehead atoms. The maximum Gasteiger partial charge on any atom is 0.404 e. The van der Waals surface area contributed by atoms with Gasteiger partial charge in [-0.3, -0.25) is 0 Å². The number of fused-ring (bicyclic) bond motifs is 2. The van der Waals surface area contributed by atoms with Crippen LogP contribution in [0.15, 0.2) is 22.7 Å². The molecule has 4 heteroatoms. The number of aryl methyl sites for hydroxylation is 1. The molecule has 2 N–H and O–H groups in total. The fraction of sp³-hybridized carbons (Fsp3) is 0.417. The SMILES string of the molecule is O=C(O)NC1CC12CCc1ccc(Br)cc12. The summed E-state index contributed by atoms with van der Waals surface area (Å²) in [7, 11) is 0. The molecule has 1 amide bonds. The summed E-state index contributed by atoms with van der Waals surface area (Å²) in [6.45, 7) is 0. The van der Waals surface area contributed by atoms with Gasteiger partial charge >= 0.3 is 6.09 Å². The third kappa shape index (κ3) is 1.36. The first-order chi connectivity index (χ1) is 7.62. The summed E-state index contributed by atoms with van der Waals surface area (Å²) in [5, 5.41) is 11.4. The highest BCUT2D eigenvalue weighted by Gasteiger charge is 2.58. The van der Waals surface area contributed by atoms with Gasteiger partial charge in [-0.1, -0.05) is 22.0 Å². The second-order valence-electron chi connectivity index (χ2n) is 4.66. The quantitative estimate of drug-likeness (QED) is 0.832. The number of rotatable bonds is 1. The number of halogens is 1. The second-order valence-corrected chi connectivity index (χ2v) is 5.58. The van der Waals surface area contributed by atoms with Crippen molar-refractivity contribution in [3.05, 3.63) is 33.8 Å². The first-order valence-corrected chi connectivity index (χ1v) is 6.19. The highest BCUT2D eigenvalue weighted by atomic mass is 79.9. The molecule has 1 saturated carbocycles. The summed E-state index contributed by atoms with van der Waals surface area (Å²) in [5.41, 5.74) is 2.80. The van der Waals surface area contributed by atoms with E-state index >= 15 is 0 Å². The van der Waals surface area contributed by atoms with Gasteiger partial charge in [0.15, 0.2) is 0 Å². The van der Waals surface area contributed by atoms with Gasteiger partial charge in [0.1, 0.15) is 0 Å². The van der Waals surface area contributed by atoms with Crippen molar-refractivity contribution in [1.29, 1.82) is 0 Å². The number of nitrogens with one attached hydrogen (secondary N) is 1. The molecule has 1 spiro atoms. The van der Waals surface area contributed by atoms with Crippen LogP contribution in [0.5, 0.6) is 0 Å². The molecule has 0 aliphatic heterocycles. The van der Waals surface area contributed by atoms with Crippen molar-refractivity contribution in [2.75, 3.05) is 0 Å². The highest BCUT2D eigenvalue weighted by molar-refractivity contribution is 9.10. The van der Waals surface area contributed by atoms with Crippen molar-refractivity contribution in [2.24, 2.45) is 0 Å². The van der Waals surface area contributed by atoms with Gasteiger partial charge in [-0.25, -0.2) is 4.79 Å². The normalized spacial score (nSPS) is 30.2. The number of carbonyl (C=O) groups is 1. The van der Waals surface area contributed by atoms with Gasteiger partial charge in [0.25, 0.3) is 0 Å². The lowest BCUT2D eigenvalue weighted by atomic mass is 9.97. The van der Waals surface area contributed by atoms with E-state index in [1.54, 1.807) is 0 Å². The lowest BCUT2D eigenvalue weighted by Crippen LogP contribution is -2.28. The lowest BCUT2D eigenvalue weighted by Gasteiger charge is -2.11. The smallest absolute Gasteiger partial charge is 0.404 e. The van der Waals surface area contributed by atoms with Crippen LogP contribution in [0.2, 0.25) is 0 Å². The van der Waals surface area contributed by atoms with Crippen molar-refractivity contribution in [3.63, 3.8) is 0 Å². The first kappa shape index (κ1) is 10.1. The maximum absolute atomic E-state index is 10.6. The van der Waals surface area contributed by atoms with Crippen LogP contribution < -0.4 is 5.32 Å². The van der Waals surface area contributed by atoms with Crippen molar-refractivity contribution in [1.82, 2.24) is 5.32 Å². The minimum atomic E-state index is -0.912. The molecule has 2 unspecified atom stereocenters. The number of hydrogen-bond acceptors (Lipinski definition) is 1. The number of carboxylic acid groups (broad SMARTS) is 1. The fourth-order valence-electron chi connectivity index (χ4n) is 2.94. The largest absolute Gasteiger partial charge is 0.465 e.